The van der Waals surface area contributed by atoms with E-state index in [0.29, 0.717) is 5.52 Å². The molecule has 4 nitrogen and oxygen atoms in total. The minimum Gasteiger partial charge on any atom is -0.379 e. The molecule has 0 atom stereocenters. The smallest absolute Gasteiger partial charge is 0.231 e. The Morgan fingerprint density at radius 3 is 2.93 bits per heavy atom. The first-order valence-electron chi connectivity index (χ1n) is 3.72. The molecule has 3 N–H and O–H groups in total. The summed E-state index contributed by atoms with van der Waals surface area (Å²) in [7, 11) is 0. The molecule has 6 heteroatoms. The molecule has 1 aromatic heterocycles. The van der Waals surface area contributed by atoms with Gasteiger partial charge < -0.3 is 5.73 Å². The number of nitrogens with zero attached hydrogens (tertiary/aromatic N) is 1. The average molecular weight is 214 g/mol. The van der Waals surface area contributed by atoms with Crippen molar-refractivity contribution in [3.05, 3.63) is 33.2 Å². The summed E-state index contributed by atoms with van der Waals surface area (Å²) in [5.41, 5.74) is 5.12. The zero-order chi connectivity index (χ0) is 10.3. The van der Waals surface area contributed by atoms with E-state index in [0.717, 1.165) is 6.07 Å². The predicted molar refractivity (Wildman–Crippen MR) is 51.7 cm³/mol. The molecule has 0 saturated carbocycles. The normalized spacial score (nSPS) is 10.7. The number of benzene rings is 1. The van der Waals surface area contributed by atoms with E-state index in [1.807, 2.05) is 0 Å². The van der Waals surface area contributed by atoms with Crippen molar-refractivity contribution < 1.29 is 4.39 Å². The summed E-state index contributed by atoms with van der Waals surface area (Å²) in [6.45, 7) is 0. The lowest BCUT2D eigenvalue weighted by Gasteiger charge is -1.99. The van der Waals surface area contributed by atoms with Crippen LogP contribution in [0.3, 0.4) is 0 Å². The lowest BCUT2D eigenvalue weighted by molar-refractivity contribution is 0.630. The first-order valence-corrected chi connectivity index (χ1v) is 4.10. The Morgan fingerprint density at radius 2 is 2.21 bits per heavy atom. The highest BCUT2D eigenvalue weighted by Gasteiger charge is 2.07. The van der Waals surface area contributed by atoms with Gasteiger partial charge in [-0.1, -0.05) is 11.6 Å². The fourth-order valence-corrected chi connectivity index (χ4v) is 1.30. The molecule has 2 aromatic rings. The molecular weight excluding hydrogens is 209 g/mol. The topological polar surface area (TPSA) is 71.8 Å². The second-order valence-electron chi connectivity index (χ2n) is 2.75. The van der Waals surface area contributed by atoms with Crippen LogP contribution in [0.25, 0.3) is 10.9 Å². The first-order chi connectivity index (χ1) is 6.59. The van der Waals surface area contributed by atoms with Gasteiger partial charge in [0, 0.05) is 0 Å². The second kappa shape index (κ2) is 2.95. The minimum absolute atomic E-state index is 0.0697. The fraction of sp³-hybridized carbons (Fsp3) is 0. The molecule has 0 radical (unpaired) electrons. The van der Waals surface area contributed by atoms with E-state index in [1.54, 1.807) is 0 Å². The van der Waals surface area contributed by atoms with E-state index in [9.17, 15) is 9.18 Å². The predicted octanol–water partition coefficient (Wildman–Crippen LogP) is 1.30. The van der Waals surface area contributed by atoms with Crippen LogP contribution in [-0.2, 0) is 0 Å². The van der Waals surface area contributed by atoms with Crippen LogP contribution in [0.2, 0.25) is 5.02 Å². The maximum Gasteiger partial charge on any atom is 0.231 e. The van der Waals surface area contributed by atoms with Crippen LogP contribution in [0.15, 0.2) is 16.9 Å². The van der Waals surface area contributed by atoms with Gasteiger partial charge in [0.25, 0.3) is 0 Å². The lowest BCUT2D eigenvalue weighted by atomic mass is 10.2. The number of H-pyrrole nitrogens is 1. The third-order valence-electron chi connectivity index (χ3n) is 1.83. The van der Waals surface area contributed by atoms with E-state index in [2.05, 4.69) is 10.2 Å². The van der Waals surface area contributed by atoms with E-state index in [4.69, 9.17) is 17.3 Å². The number of anilines is 1. The summed E-state index contributed by atoms with van der Waals surface area (Å²) in [5.74, 6) is -0.852. The van der Waals surface area contributed by atoms with Crippen molar-refractivity contribution in [2.24, 2.45) is 0 Å². The number of hydrogen-bond acceptors (Lipinski definition) is 3. The number of nitrogens with one attached hydrogen (secondary N) is 1. The maximum atomic E-state index is 13.0. The zero-order valence-corrected chi connectivity index (χ0v) is 7.60. The number of aromatic amines is 1. The van der Waals surface area contributed by atoms with E-state index in [-0.39, 0.29) is 16.2 Å². The molecule has 0 bridgehead atoms. The Balaban J connectivity index is 2.97. The number of halogens is 2. The summed E-state index contributed by atoms with van der Waals surface area (Å²) in [4.78, 5) is 11.4. The van der Waals surface area contributed by atoms with Gasteiger partial charge in [0.1, 0.15) is 5.82 Å². The SMILES string of the molecule is Nc1n[nH]c2cc(Cl)c(F)cc2c1=O. The van der Waals surface area contributed by atoms with Gasteiger partial charge in [-0.25, -0.2) is 4.39 Å². The zero-order valence-electron chi connectivity index (χ0n) is 6.84. The Kier molecular flexibility index (Phi) is 1.89. The van der Waals surface area contributed by atoms with Crippen LogP contribution >= 0.6 is 11.6 Å². The van der Waals surface area contributed by atoms with Gasteiger partial charge in [0.15, 0.2) is 5.82 Å². The van der Waals surface area contributed by atoms with Gasteiger partial charge in [0.2, 0.25) is 5.43 Å². The number of nitrogens with two attached hydrogens (primary N) is 1. The van der Waals surface area contributed by atoms with Crippen molar-refractivity contribution in [3.63, 3.8) is 0 Å². The number of rotatable bonds is 0. The van der Waals surface area contributed by atoms with Gasteiger partial charge in [-0.3, -0.25) is 9.89 Å². The van der Waals surface area contributed by atoms with Gasteiger partial charge in [-0.05, 0) is 12.1 Å². The van der Waals surface area contributed by atoms with Crippen molar-refractivity contribution in [2.45, 2.75) is 0 Å². The van der Waals surface area contributed by atoms with Crippen molar-refractivity contribution in [1.29, 1.82) is 0 Å². The maximum absolute atomic E-state index is 13.0. The van der Waals surface area contributed by atoms with Crippen molar-refractivity contribution in [2.75, 3.05) is 5.73 Å². The molecule has 0 saturated heterocycles. The van der Waals surface area contributed by atoms with Crippen LogP contribution in [0.5, 0.6) is 0 Å². The van der Waals surface area contributed by atoms with Crippen molar-refractivity contribution >= 4 is 28.3 Å². The molecule has 0 fully saturated rings. The standard InChI is InChI=1S/C8H5ClFN3O/c9-4-2-6-3(1-5(4)10)7(14)8(11)13-12-6/h1-2H,(H2,11,13)(H,12,14). The highest BCUT2D eigenvalue weighted by atomic mass is 35.5. The first kappa shape index (κ1) is 8.96. The van der Waals surface area contributed by atoms with Crippen LogP contribution < -0.4 is 11.2 Å². The number of nitrogen functional groups attached to an aromatic ring is 1. The van der Waals surface area contributed by atoms with E-state index < -0.39 is 11.2 Å². The molecule has 0 unspecified atom stereocenters. The average Bonchev–Trinajstić information content (AvgIpc) is 2.15. The molecule has 0 aliphatic heterocycles. The van der Waals surface area contributed by atoms with Crippen molar-refractivity contribution in [3.8, 4) is 0 Å². The summed E-state index contributed by atoms with van der Waals surface area (Å²) in [5, 5.41) is 6.11. The number of hydrogen-bond donors (Lipinski definition) is 2. The molecule has 0 spiro atoms. The van der Waals surface area contributed by atoms with Crippen LogP contribution in [0, 0.1) is 5.82 Å². The number of aromatic nitrogens is 2. The van der Waals surface area contributed by atoms with Crippen molar-refractivity contribution in [1.82, 2.24) is 10.2 Å². The van der Waals surface area contributed by atoms with Crippen LogP contribution in [-0.4, -0.2) is 10.2 Å². The molecule has 1 heterocycles. The van der Waals surface area contributed by atoms with E-state index in [1.165, 1.54) is 6.07 Å². The Morgan fingerprint density at radius 1 is 1.50 bits per heavy atom. The molecule has 0 aliphatic carbocycles. The number of fused-ring (bicyclic) bond motifs is 1. The monoisotopic (exact) mass is 213 g/mol. The Labute approximate surface area is 82.5 Å². The molecule has 14 heavy (non-hydrogen) atoms. The molecule has 0 amide bonds. The van der Waals surface area contributed by atoms with Crippen LogP contribution in [0.4, 0.5) is 10.2 Å². The lowest BCUT2D eigenvalue weighted by Crippen LogP contribution is -2.12. The molecular formula is C8H5ClFN3O. The van der Waals surface area contributed by atoms with Gasteiger partial charge >= 0.3 is 0 Å². The Hall–Kier alpha value is -1.62. The highest BCUT2D eigenvalue weighted by molar-refractivity contribution is 6.31. The third kappa shape index (κ3) is 1.22. The minimum atomic E-state index is -0.657. The summed E-state index contributed by atoms with van der Waals surface area (Å²) in [6, 6.07) is 2.33. The quantitative estimate of drug-likeness (QED) is 0.693. The van der Waals surface area contributed by atoms with E-state index >= 15 is 0 Å². The van der Waals surface area contributed by atoms with Gasteiger partial charge in [0.05, 0.1) is 15.9 Å². The third-order valence-corrected chi connectivity index (χ3v) is 2.12. The van der Waals surface area contributed by atoms with Crippen LogP contribution in [0.1, 0.15) is 0 Å². The van der Waals surface area contributed by atoms with Gasteiger partial charge in [-0.15, -0.1) is 0 Å². The van der Waals surface area contributed by atoms with Gasteiger partial charge in [-0.2, -0.15) is 5.10 Å². The fourth-order valence-electron chi connectivity index (χ4n) is 1.14. The summed E-state index contributed by atoms with van der Waals surface area (Å²) >= 11 is 5.52. The second-order valence-corrected chi connectivity index (χ2v) is 3.16. The largest absolute Gasteiger partial charge is 0.379 e. The summed E-state index contributed by atoms with van der Waals surface area (Å²) < 4.78 is 13.0. The molecule has 2 rings (SSSR count). The molecule has 72 valence electrons. The summed E-state index contributed by atoms with van der Waals surface area (Å²) in [6.07, 6.45) is 0. The molecule has 1 aromatic carbocycles. The molecule has 0 aliphatic rings. The highest BCUT2D eigenvalue weighted by Crippen LogP contribution is 2.19. The Bertz CT molecular complexity index is 566.